The Morgan fingerprint density at radius 2 is 1.66 bits per heavy atom. The number of hydrogen-bond acceptors (Lipinski definition) is 4. The lowest BCUT2D eigenvalue weighted by Crippen LogP contribution is -2.42. The molecule has 2 heterocycles. The Bertz CT molecular complexity index is 1520. The van der Waals surface area contributed by atoms with E-state index in [9.17, 15) is 14.4 Å². The van der Waals surface area contributed by atoms with Gasteiger partial charge in [-0.1, -0.05) is 41.9 Å². The molecular weight excluding hydrogens is 466 g/mol. The Hall–Kier alpha value is -3.42. The van der Waals surface area contributed by atoms with E-state index in [1.54, 1.807) is 25.3 Å². The number of aryl methyl sites for hydroxylation is 1. The van der Waals surface area contributed by atoms with Crippen LogP contribution in [0.2, 0.25) is 5.02 Å². The summed E-state index contributed by atoms with van der Waals surface area (Å²) in [6.45, 7) is 6.31. The number of halogens is 1. The topological polar surface area (TPSA) is 75.2 Å². The molecule has 1 unspecified atom stereocenters. The number of rotatable bonds is 8. The molecule has 2 aromatic carbocycles. The van der Waals surface area contributed by atoms with Crippen LogP contribution < -0.4 is 11.1 Å². The molecule has 0 aliphatic carbocycles. The second-order valence-electron chi connectivity index (χ2n) is 8.78. The lowest BCUT2D eigenvalue weighted by Gasteiger charge is -2.18. The van der Waals surface area contributed by atoms with Gasteiger partial charge < -0.3 is 9.30 Å². The van der Waals surface area contributed by atoms with Gasteiger partial charge in [0.2, 0.25) is 0 Å². The van der Waals surface area contributed by atoms with Gasteiger partial charge in [0, 0.05) is 29.1 Å². The molecule has 0 aliphatic rings. The SMILES string of the molecule is COCC(C)n1c(C)cc(C(=O)Cn2c(=O)c(=O)n(Cc3ccccc3)c3ccc(Cl)cc32)c1C. The molecule has 4 rings (SSSR count). The van der Waals surface area contributed by atoms with Crippen LogP contribution in [0.15, 0.2) is 64.2 Å². The first-order valence-electron chi connectivity index (χ1n) is 11.4. The number of aromatic nitrogens is 3. The molecule has 0 radical (unpaired) electrons. The number of carbonyl (C=O) groups is 1. The Kier molecular flexibility index (Phi) is 7.10. The van der Waals surface area contributed by atoms with Gasteiger partial charge in [-0.25, -0.2) is 0 Å². The maximum absolute atomic E-state index is 13.4. The molecule has 0 saturated heterocycles. The van der Waals surface area contributed by atoms with Crippen molar-refractivity contribution in [1.29, 1.82) is 0 Å². The van der Waals surface area contributed by atoms with E-state index >= 15 is 0 Å². The van der Waals surface area contributed by atoms with Crippen LogP contribution in [0.25, 0.3) is 11.0 Å². The standard InChI is InChI=1S/C27H28ClN3O4/c1-17-12-22(19(3)31(17)18(2)16-35-4)25(32)15-30-24-13-21(28)10-11-23(24)29(26(33)27(30)34)14-20-8-6-5-7-9-20/h5-13,18H,14-16H2,1-4H3. The van der Waals surface area contributed by atoms with Crippen molar-refractivity contribution in [2.45, 2.75) is 39.9 Å². The number of fused-ring (bicyclic) bond motifs is 1. The third-order valence-electron chi connectivity index (χ3n) is 6.31. The highest BCUT2D eigenvalue weighted by Crippen LogP contribution is 2.23. The molecule has 8 heteroatoms. The van der Waals surface area contributed by atoms with Gasteiger partial charge >= 0.3 is 11.1 Å². The quantitative estimate of drug-likeness (QED) is 0.270. The van der Waals surface area contributed by atoms with Crippen LogP contribution in [0.4, 0.5) is 0 Å². The number of Topliss-reactive ketones (excluding diaryl/α,β-unsaturated/α-hetero) is 1. The molecule has 182 valence electrons. The van der Waals surface area contributed by atoms with Crippen molar-refractivity contribution in [3.63, 3.8) is 0 Å². The Balaban J connectivity index is 1.80. The number of hydrogen-bond donors (Lipinski definition) is 0. The lowest BCUT2D eigenvalue weighted by atomic mass is 10.1. The van der Waals surface area contributed by atoms with E-state index in [0.29, 0.717) is 28.2 Å². The molecule has 0 saturated carbocycles. The average molecular weight is 494 g/mol. The van der Waals surface area contributed by atoms with E-state index in [0.717, 1.165) is 17.0 Å². The fourth-order valence-corrected chi connectivity index (χ4v) is 4.92. The van der Waals surface area contributed by atoms with Gasteiger partial charge in [-0.05, 0) is 50.6 Å². The van der Waals surface area contributed by atoms with Crippen molar-refractivity contribution < 1.29 is 9.53 Å². The van der Waals surface area contributed by atoms with Gasteiger partial charge in [0.15, 0.2) is 5.78 Å². The van der Waals surface area contributed by atoms with Crippen LogP contribution in [0, 0.1) is 13.8 Å². The van der Waals surface area contributed by atoms with Gasteiger partial charge in [0.25, 0.3) is 0 Å². The molecule has 35 heavy (non-hydrogen) atoms. The van der Waals surface area contributed by atoms with Crippen molar-refractivity contribution >= 4 is 28.4 Å². The van der Waals surface area contributed by atoms with E-state index in [1.807, 2.05) is 61.7 Å². The van der Waals surface area contributed by atoms with Crippen LogP contribution in [0.1, 0.15) is 40.3 Å². The first-order valence-corrected chi connectivity index (χ1v) is 11.8. The normalized spacial score (nSPS) is 12.3. The predicted molar refractivity (Wildman–Crippen MR) is 138 cm³/mol. The van der Waals surface area contributed by atoms with E-state index in [4.69, 9.17) is 16.3 Å². The first-order chi connectivity index (χ1) is 16.7. The molecule has 1 atom stereocenters. The zero-order valence-corrected chi connectivity index (χ0v) is 21.0. The fraction of sp³-hybridized carbons (Fsp3) is 0.296. The van der Waals surface area contributed by atoms with Crippen LogP contribution in [-0.4, -0.2) is 33.2 Å². The van der Waals surface area contributed by atoms with Crippen LogP contribution in [-0.2, 0) is 17.8 Å². The number of ketones is 1. The van der Waals surface area contributed by atoms with Crippen molar-refractivity contribution in [3.05, 3.63) is 103 Å². The highest BCUT2D eigenvalue weighted by molar-refractivity contribution is 6.31. The van der Waals surface area contributed by atoms with Crippen LogP contribution in [0.5, 0.6) is 0 Å². The first kappa shape index (κ1) is 24.7. The smallest absolute Gasteiger partial charge is 0.317 e. The molecule has 0 aliphatic heterocycles. The summed E-state index contributed by atoms with van der Waals surface area (Å²) in [5, 5.41) is 0.412. The molecule has 0 amide bonds. The molecule has 7 nitrogen and oxygen atoms in total. The zero-order valence-electron chi connectivity index (χ0n) is 20.2. The summed E-state index contributed by atoms with van der Waals surface area (Å²) < 4.78 is 9.99. The molecule has 2 aromatic heterocycles. The molecular formula is C27H28ClN3O4. The second kappa shape index (κ2) is 10.1. The predicted octanol–water partition coefficient (Wildman–Crippen LogP) is 4.37. The van der Waals surface area contributed by atoms with Gasteiger partial charge in [-0.3, -0.25) is 23.5 Å². The van der Waals surface area contributed by atoms with E-state index < -0.39 is 11.1 Å². The van der Waals surface area contributed by atoms with Gasteiger partial charge in [0.05, 0.1) is 36.8 Å². The van der Waals surface area contributed by atoms with E-state index in [-0.39, 0.29) is 24.9 Å². The van der Waals surface area contributed by atoms with Gasteiger partial charge in [-0.2, -0.15) is 0 Å². The monoisotopic (exact) mass is 493 g/mol. The highest BCUT2D eigenvalue weighted by Gasteiger charge is 2.22. The Labute approximate surface area is 208 Å². The summed E-state index contributed by atoms with van der Waals surface area (Å²) in [5.74, 6) is -0.252. The number of benzene rings is 2. The number of carbonyl (C=O) groups excluding carboxylic acids is 1. The number of nitrogens with zero attached hydrogens (tertiary/aromatic N) is 3. The average Bonchev–Trinajstić information content (AvgIpc) is 3.14. The third-order valence-corrected chi connectivity index (χ3v) is 6.55. The molecule has 0 spiro atoms. The van der Waals surface area contributed by atoms with Crippen molar-refractivity contribution in [2.24, 2.45) is 0 Å². The Morgan fingerprint density at radius 1 is 0.971 bits per heavy atom. The van der Waals surface area contributed by atoms with E-state index in [1.165, 1.54) is 9.13 Å². The Morgan fingerprint density at radius 3 is 2.34 bits per heavy atom. The minimum absolute atomic E-state index is 0.0471. The fourth-order valence-electron chi connectivity index (χ4n) is 4.75. The molecule has 0 bridgehead atoms. The minimum Gasteiger partial charge on any atom is -0.383 e. The maximum atomic E-state index is 13.4. The molecule has 0 fully saturated rings. The summed E-state index contributed by atoms with van der Waals surface area (Å²) in [5.41, 5.74) is 2.65. The van der Waals surface area contributed by atoms with Crippen molar-refractivity contribution in [2.75, 3.05) is 13.7 Å². The summed E-state index contributed by atoms with van der Waals surface area (Å²) in [6, 6.07) is 16.3. The van der Waals surface area contributed by atoms with Gasteiger partial charge in [0.1, 0.15) is 0 Å². The molecule has 0 N–H and O–H groups in total. The van der Waals surface area contributed by atoms with Crippen molar-refractivity contribution in [1.82, 2.24) is 13.7 Å². The number of methoxy groups -OCH3 is 1. The largest absolute Gasteiger partial charge is 0.383 e. The van der Waals surface area contributed by atoms with Crippen LogP contribution >= 0.6 is 11.6 Å². The summed E-state index contributed by atoms with van der Waals surface area (Å²) >= 11 is 6.26. The maximum Gasteiger partial charge on any atom is 0.317 e. The minimum atomic E-state index is -0.759. The summed E-state index contributed by atoms with van der Waals surface area (Å²) in [4.78, 5) is 39.8. The zero-order chi connectivity index (χ0) is 25.3. The van der Waals surface area contributed by atoms with Crippen molar-refractivity contribution in [3.8, 4) is 0 Å². The third kappa shape index (κ3) is 4.74. The summed E-state index contributed by atoms with van der Waals surface area (Å²) in [7, 11) is 1.64. The summed E-state index contributed by atoms with van der Waals surface area (Å²) in [6.07, 6.45) is 0. The highest BCUT2D eigenvalue weighted by atomic mass is 35.5. The lowest BCUT2D eigenvalue weighted by molar-refractivity contribution is 0.0971. The van der Waals surface area contributed by atoms with Gasteiger partial charge in [-0.15, -0.1) is 0 Å². The molecule has 4 aromatic rings. The number of ether oxygens (including phenoxy) is 1. The second-order valence-corrected chi connectivity index (χ2v) is 9.22. The van der Waals surface area contributed by atoms with E-state index in [2.05, 4.69) is 0 Å². The van der Waals surface area contributed by atoms with Crippen LogP contribution in [0.3, 0.4) is 0 Å².